The molecule has 3 amide bonds. The number of aryl methyl sites for hydroxylation is 1. The van der Waals surface area contributed by atoms with Crippen molar-refractivity contribution in [2.75, 3.05) is 11.9 Å². The predicted molar refractivity (Wildman–Crippen MR) is 88.3 cm³/mol. The van der Waals surface area contributed by atoms with E-state index in [-0.39, 0.29) is 11.1 Å². The first-order chi connectivity index (χ1) is 11.9. The Labute approximate surface area is 142 Å². The molecule has 0 saturated carbocycles. The first-order valence-electron chi connectivity index (χ1n) is 7.38. The fraction of sp³-hybridized carbons (Fsp3) is 0.118. The van der Waals surface area contributed by atoms with Crippen molar-refractivity contribution in [2.24, 2.45) is 0 Å². The van der Waals surface area contributed by atoms with Crippen LogP contribution >= 0.6 is 0 Å². The van der Waals surface area contributed by atoms with Gasteiger partial charge in [-0.3, -0.25) is 29.4 Å². The van der Waals surface area contributed by atoms with E-state index in [4.69, 9.17) is 0 Å². The minimum atomic E-state index is -0.841. The van der Waals surface area contributed by atoms with Gasteiger partial charge in [-0.15, -0.1) is 0 Å². The highest BCUT2D eigenvalue weighted by Gasteiger charge is 2.41. The molecule has 0 aliphatic carbocycles. The number of hydrogen-bond acceptors (Lipinski definition) is 5. The van der Waals surface area contributed by atoms with Crippen molar-refractivity contribution < 1.29 is 19.3 Å². The maximum atomic E-state index is 12.4. The quantitative estimate of drug-likeness (QED) is 0.521. The Morgan fingerprint density at radius 1 is 1.12 bits per heavy atom. The van der Waals surface area contributed by atoms with Gasteiger partial charge in [0, 0.05) is 11.8 Å². The molecule has 0 aromatic heterocycles. The molecular formula is C17H13N3O5. The summed E-state index contributed by atoms with van der Waals surface area (Å²) in [7, 11) is 0. The standard InChI is InChI=1S/C17H13N3O5/c1-10-5-7-11(8-6-10)18-14(21)9-19-16(22)12-3-2-4-13(20(24)25)15(12)17(19)23/h2-8H,9H2,1H3,(H,18,21). The summed E-state index contributed by atoms with van der Waals surface area (Å²) in [6.45, 7) is 1.38. The molecule has 0 bridgehead atoms. The summed E-state index contributed by atoms with van der Waals surface area (Å²) in [6, 6.07) is 10.8. The Balaban J connectivity index is 1.80. The molecule has 8 heteroatoms. The van der Waals surface area contributed by atoms with E-state index in [1.807, 2.05) is 6.92 Å². The molecule has 1 aliphatic heterocycles. The van der Waals surface area contributed by atoms with Crippen LogP contribution in [0.25, 0.3) is 0 Å². The molecule has 3 rings (SSSR count). The molecule has 126 valence electrons. The van der Waals surface area contributed by atoms with Crippen LogP contribution in [0.15, 0.2) is 42.5 Å². The highest BCUT2D eigenvalue weighted by atomic mass is 16.6. The summed E-state index contributed by atoms with van der Waals surface area (Å²) >= 11 is 0. The second-order valence-corrected chi connectivity index (χ2v) is 5.57. The number of anilines is 1. The third-order valence-electron chi connectivity index (χ3n) is 3.81. The van der Waals surface area contributed by atoms with Crippen molar-refractivity contribution in [2.45, 2.75) is 6.92 Å². The first kappa shape index (κ1) is 16.3. The van der Waals surface area contributed by atoms with E-state index in [2.05, 4.69) is 5.32 Å². The second-order valence-electron chi connectivity index (χ2n) is 5.57. The largest absolute Gasteiger partial charge is 0.325 e. The van der Waals surface area contributed by atoms with Gasteiger partial charge in [-0.05, 0) is 25.1 Å². The average molecular weight is 339 g/mol. The fourth-order valence-electron chi connectivity index (χ4n) is 2.59. The zero-order valence-corrected chi connectivity index (χ0v) is 13.2. The molecule has 0 atom stereocenters. The van der Waals surface area contributed by atoms with E-state index in [0.29, 0.717) is 10.6 Å². The SMILES string of the molecule is Cc1ccc(NC(=O)CN2C(=O)c3cccc([N+](=O)[O-])c3C2=O)cc1. The molecule has 0 radical (unpaired) electrons. The van der Waals surface area contributed by atoms with Crippen LogP contribution in [0, 0.1) is 17.0 Å². The van der Waals surface area contributed by atoms with Gasteiger partial charge in [-0.2, -0.15) is 0 Å². The second kappa shape index (κ2) is 6.16. The summed E-state index contributed by atoms with van der Waals surface area (Å²) in [5.74, 6) is -2.13. The Bertz CT molecular complexity index is 905. The number of carbonyl (C=O) groups excluding carboxylic acids is 3. The highest BCUT2D eigenvalue weighted by molar-refractivity contribution is 6.24. The molecule has 2 aromatic carbocycles. The Morgan fingerprint density at radius 2 is 1.80 bits per heavy atom. The lowest BCUT2D eigenvalue weighted by Gasteiger charge is -2.13. The number of carbonyl (C=O) groups is 3. The van der Waals surface area contributed by atoms with Crippen LogP contribution in [0.5, 0.6) is 0 Å². The monoisotopic (exact) mass is 339 g/mol. The summed E-state index contributed by atoms with van der Waals surface area (Å²) in [5, 5.41) is 13.6. The number of nitro benzene ring substituents is 1. The smallest absolute Gasteiger partial charge is 0.282 e. The first-order valence-corrected chi connectivity index (χ1v) is 7.38. The van der Waals surface area contributed by atoms with E-state index < -0.39 is 34.9 Å². The van der Waals surface area contributed by atoms with Crippen LogP contribution in [-0.4, -0.2) is 34.1 Å². The number of hydrogen-bond donors (Lipinski definition) is 1. The molecular weight excluding hydrogens is 326 g/mol. The van der Waals surface area contributed by atoms with Gasteiger partial charge < -0.3 is 5.32 Å². The van der Waals surface area contributed by atoms with Crippen LogP contribution in [0.1, 0.15) is 26.3 Å². The van der Waals surface area contributed by atoms with Crippen molar-refractivity contribution >= 4 is 29.1 Å². The predicted octanol–water partition coefficient (Wildman–Crippen LogP) is 2.14. The van der Waals surface area contributed by atoms with E-state index in [0.717, 1.165) is 11.6 Å². The average Bonchev–Trinajstić information content (AvgIpc) is 2.82. The van der Waals surface area contributed by atoms with Crippen molar-refractivity contribution in [3.8, 4) is 0 Å². The Hall–Kier alpha value is -3.55. The summed E-state index contributed by atoms with van der Waals surface area (Å²) in [6.07, 6.45) is 0. The van der Waals surface area contributed by atoms with Crippen molar-refractivity contribution in [1.29, 1.82) is 0 Å². The summed E-state index contributed by atoms with van der Waals surface area (Å²) < 4.78 is 0. The lowest BCUT2D eigenvalue weighted by Crippen LogP contribution is -2.37. The number of imide groups is 1. The lowest BCUT2D eigenvalue weighted by atomic mass is 10.1. The van der Waals surface area contributed by atoms with Gasteiger partial charge in [0.1, 0.15) is 12.1 Å². The number of nitro groups is 1. The number of benzene rings is 2. The third-order valence-corrected chi connectivity index (χ3v) is 3.81. The minimum absolute atomic E-state index is 0.0673. The van der Waals surface area contributed by atoms with Gasteiger partial charge >= 0.3 is 0 Å². The van der Waals surface area contributed by atoms with E-state index in [1.54, 1.807) is 24.3 Å². The van der Waals surface area contributed by atoms with E-state index in [1.165, 1.54) is 12.1 Å². The molecule has 2 aromatic rings. The molecule has 0 saturated heterocycles. The number of nitrogens with one attached hydrogen (secondary N) is 1. The van der Waals surface area contributed by atoms with Crippen LogP contribution < -0.4 is 5.32 Å². The normalized spacial score (nSPS) is 12.9. The third kappa shape index (κ3) is 2.97. The molecule has 1 heterocycles. The zero-order chi connectivity index (χ0) is 18.1. The summed E-state index contributed by atoms with van der Waals surface area (Å²) in [4.78, 5) is 47.9. The Morgan fingerprint density at radius 3 is 2.44 bits per heavy atom. The molecule has 0 spiro atoms. The van der Waals surface area contributed by atoms with Crippen LogP contribution in [-0.2, 0) is 4.79 Å². The fourth-order valence-corrected chi connectivity index (χ4v) is 2.59. The molecule has 8 nitrogen and oxygen atoms in total. The van der Waals surface area contributed by atoms with Gasteiger partial charge in [0.2, 0.25) is 5.91 Å². The molecule has 0 unspecified atom stereocenters. The van der Waals surface area contributed by atoms with Crippen LogP contribution in [0.4, 0.5) is 11.4 Å². The van der Waals surface area contributed by atoms with Gasteiger partial charge in [0.25, 0.3) is 17.5 Å². The molecule has 1 N–H and O–H groups in total. The number of nitrogens with zero attached hydrogens (tertiary/aromatic N) is 2. The van der Waals surface area contributed by atoms with E-state index in [9.17, 15) is 24.5 Å². The molecule has 25 heavy (non-hydrogen) atoms. The number of fused-ring (bicyclic) bond motifs is 1. The zero-order valence-electron chi connectivity index (χ0n) is 13.2. The van der Waals surface area contributed by atoms with Gasteiger partial charge in [-0.1, -0.05) is 23.8 Å². The van der Waals surface area contributed by atoms with Crippen molar-refractivity contribution in [1.82, 2.24) is 4.90 Å². The van der Waals surface area contributed by atoms with E-state index >= 15 is 0 Å². The van der Waals surface area contributed by atoms with Crippen molar-refractivity contribution in [3.63, 3.8) is 0 Å². The van der Waals surface area contributed by atoms with Crippen LogP contribution in [0.3, 0.4) is 0 Å². The topological polar surface area (TPSA) is 110 Å². The maximum Gasteiger partial charge on any atom is 0.282 e. The minimum Gasteiger partial charge on any atom is -0.325 e. The number of amides is 3. The van der Waals surface area contributed by atoms with Crippen LogP contribution in [0.2, 0.25) is 0 Å². The summed E-state index contributed by atoms with van der Waals surface area (Å²) in [5.41, 5.74) is 0.754. The maximum absolute atomic E-state index is 12.4. The number of rotatable bonds is 4. The van der Waals surface area contributed by atoms with Gasteiger partial charge in [0.05, 0.1) is 10.5 Å². The van der Waals surface area contributed by atoms with Crippen molar-refractivity contribution in [3.05, 3.63) is 69.3 Å². The molecule has 1 aliphatic rings. The van der Waals surface area contributed by atoms with Gasteiger partial charge in [-0.25, -0.2) is 0 Å². The van der Waals surface area contributed by atoms with Gasteiger partial charge in [0.15, 0.2) is 0 Å². The highest BCUT2D eigenvalue weighted by Crippen LogP contribution is 2.30. The lowest BCUT2D eigenvalue weighted by molar-refractivity contribution is -0.385. The molecule has 0 fully saturated rings. The Kier molecular flexibility index (Phi) is 4.02.